The third-order valence-corrected chi connectivity index (χ3v) is 7.78. The molecular weight excluding hydrogens is 390 g/mol. The van der Waals surface area contributed by atoms with E-state index in [9.17, 15) is 13.2 Å². The summed E-state index contributed by atoms with van der Waals surface area (Å²) in [6.45, 7) is 7.99. The van der Waals surface area contributed by atoms with Crippen LogP contribution in [-0.2, 0) is 14.8 Å². The van der Waals surface area contributed by atoms with Gasteiger partial charge in [0.2, 0.25) is 15.9 Å². The molecule has 0 saturated carbocycles. The van der Waals surface area contributed by atoms with Gasteiger partial charge in [0.1, 0.15) is 5.75 Å². The lowest BCUT2D eigenvalue weighted by atomic mass is 10.2. The zero-order chi connectivity index (χ0) is 20.9. The second kappa shape index (κ2) is 9.91. The van der Waals surface area contributed by atoms with Crippen molar-refractivity contribution in [2.24, 2.45) is 0 Å². The smallest absolute Gasteiger partial charge is 0.243 e. The van der Waals surface area contributed by atoms with Gasteiger partial charge in [0.05, 0.1) is 17.5 Å². The average Bonchev–Trinajstić information content (AvgIpc) is 3.03. The first-order chi connectivity index (χ1) is 13.9. The lowest BCUT2D eigenvalue weighted by molar-refractivity contribution is -0.136. The number of likely N-dealkylation sites (tertiary alicyclic amines) is 1. The van der Waals surface area contributed by atoms with Gasteiger partial charge in [0.15, 0.2) is 0 Å². The second-order valence-corrected chi connectivity index (χ2v) is 9.70. The van der Waals surface area contributed by atoms with Crippen LogP contribution in [0.3, 0.4) is 0 Å². The van der Waals surface area contributed by atoms with E-state index in [0.29, 0.717) is 38.5 Å². The number of carbonyl (C=O) groups excluding carboxylic acids is 1. The molecule has 1 atom stereocenters. The molecule has 1 amide bonds. The normalized spacial score (nSPS) is 20.8. The second-order valence-electron chi connectivity index (χ2n) is 7.76. The van der Waals surface area contributed by atoms with E-state index < -0.39 is 10.0 Å². The Labute approximate surface area is 174 Å². The fourth-order valence-corrected chi connectivity index (χ4v) is 5.49. The highest BCUT2D eigenvalue weighted by molar-refractivity contribution is 7.89. The van der Waals surface area contributed by atoms with Gasteiger partial charge in [-0.25, -0.2) is 8.42 Å². The van der Waals surface area contributed by atoms with Crippen LogP contribution in [0, 0.1) is 0 Å². The Morgan fingerprint density at radius 2 is 1.55 bits per heavy atom. The minimum Gasteiger partial charge on any atom is -0.494 e. The number of hydrogen-bond donors (Lipinski definition) is 0. The molecule has 0 unspecified atom stereocenters. The van der Waals surface area contributed by atoms with Crippen molar-refractivity contribution in [3.63, 3.8) is 0 Å². The van der Waals surface area contributed by atoms with E-state index in [1.807, 2.05) is 18.7 Å². The van der Waals surface area contributed by atoms with E-state index in [1.54, 1.807) is 24.3 Å². The van der Waals surface area contributed by atoms with Gasteiger partial charge >= 0.3 is 0 Å². The first-order valence-corrected chi connectivity index (χ1v) is 12.1. The van der Waals surface area contributed by atoms with Crippen molar-refractivity contribution in [2.75, 3.05) is 45.9 Å². The molecule has 2 aliphatic rings. The van der Waals surface area contributed by atoms with Gasteiger partial charge in [-0.1, -0.05) is 12.8 Å². The quantitative estimate of drug-likeness (QED) is 0.701. The Morgan fingerprint density at radius 3 is 2.10 bits per heavy atom. The molecule has 29 heavy (non-hydrogen) atoms. The molecule has 1 aromatic carbocycles. The van der Waals surface area contributed by atoms with Gasteiger partial charge in [-0.3, -0.25) is 9.69 Å². The third kappa shape index (κ3) is 5.29. The largest absolute Gasteiger partial charge is 0.494 e. The number of rotatable bonds is 6. The molecule has 0 N–H and O–H groups in total. The third-order valence-electron chi connectivity index (χ3n) is 5.87. The Kier molecular flexibility index (Phi) is 7.54. The topological polar surface area (TPSA) is 70.2 Å². The zero-order valence-electron chi connectivity index (χ0n) is 17.5. The van der Waals surface area contributed by atoms with Crippen molar-refractivity contribution in [2.45, 2.75) is 50.5 Å². The van der Waals surface area contributed by atoms with E-state index in [1.165, 1.54) is 17.1 Å². The molecule has 7 nitrogen and oxygen atoms in total. The summed E-state index contributed by atoms with van der Waals surface area (Å²) in [5, 5.41) is 0. The fraction of sp³-hybridized carbons (Fsp3) is 0.667. The summed E-state index contributed by atoms with van der Waals surface area (Å²) in [6.07, 6.45) is 4.54. The number of carbonyl (C=O) groups is 1. The van der Waals surface area contributed by atoms with Gasteiger partial charge in [-0.2, -0.15) is 4.31 Å². The molecule has 0 aliphatic carbocycles. The molecule has 0 radical (unpaired) electrons. The van der Waals surface area contributed by atoms with Crippen LogP contribution in [0.1, 0.15) is 39.5 Å². The Hall–Kier alpha value is -1.64. The van der Waals surface area contributed by atoms with Gasteiger partial charge in [0.25, 0.3) is 0 Å². The fourth-order valence-electron chi connectivity index (χ4n) is 4.07. The maximum absolute atomic E-state index is 12.9. The summed E-state index contributed by atoms with van der Waals surface area (Å²) < 4.78 is 32.8. The molecule has 0 spiro atoms. The van der Waals surface area contributed by atoms with Crippen molar-refractivity contribution in [3.05, 3.63) is 24.3 Å². The molecule has 3 rings (SSSR count). The molecule has 1 aromatic rings. The highest BCUT2D eigenvalue weighted by Crippen LogP contribution is 2.22. The molecule has 0 aromatic heterocycles. The monoisotopic (exact) mass is 423 g/mol. The number of amides is 1. The van der Waals surface area contributed by atoms with E-state index in [2.05, 4.69) is 4.90 Å². The van der Waals surface area contributed by atoms with Crippen LogP contribution >= 0.6 is 0 Å². The number of ether oxygens (including phenoxy) is 1. The summed E-state index contributed by atoms with van der Waals surface area (Å²) in [5.74, 6) is 0.840. The Morgan fingerprint density at radius 1 is 0.966 bits per heavy atom. The molecule has 0 bridgehead atoms. The lowest BCUT2D eigenvalue weighted by Gasteiger charge is -2.38. The van der Waals surface area contributed by atoms with Gasteiger partial charge in [-0.15, -0.1) is 0 Å². The van der Waals surface area contributed by atoms with Crippen molar-refractivity contribution >= 4 is 15.9 Å². The van der Waals surface area contributed by atoms with Gasteiger partial charge in [0, 0.05) is 39.3 Å². The molecule has 2 aliphatic heterocycles. The van der Waals surface area contributed by atoms with Crippen LogP contribution in [-0.4, -0.2) is 80.3 Å². The van der Waals surface area contributed by atoms with Gasteiger partial charge in [-0.05, 0) is 51.0 Å². The average molecular weight is 424 g/mol. The first-order valence-electron chi connectivity index (χ1n) is 10.7. The first kappa shape index (κ1) is 22.1. The van der Waals surface area contributed by atoms with Crippen LogP contribution in [0.25, 0.3) is 0 Å². The van der Waals surface area contributed by atoms with Crippen molar-refractivity contribution in [1.82, 2.24) is 14.1 Å². The predicted molar refractivity (Wildman–Crippen MR) is 112 cm³/mol. The lowest BCUT2D eigenvalue weighted by Crippen LogP contribution is -2.55. The summed E-state index contributed by atoms with van der Waals surface area (Å²) in [5.41, 5.74) is 0. The van der Waals surface area contributed by atoms with Crippen LogP contribution in [0.15, 0.2) is 29.2 Å². The Bertz CT molecular complexity index is 766. The maximum atomic E-state index is 12.9. The van der Waals surface area contributed by atoms with E-state index in [4.69, 9.17) is 4.74 Å². The molecule has 8 heteroatoms. The van der Waals surface area contributed by atoms with Crippen molar-refractivity contribution < 1.29 is 17.9 Å². The van der Waals surface area contributed by atoms with E-state index >= 15 is 0 Å². The predicted octanol–water partition coefficient (Wildman–Crippen LogP) is 2.18. The van der Waals surface area contributed by atoms with Crippen molar-refractivity contribution in [3.8, 4) is 5.75 Å². The van der Waals surface area contributed by atoms with Crippen LogP contribution in [0.2, 0.25) is 0 Å². The molecule has 2 fully saturated rings. The summed E-state index contributed by atoms with van der Waals surface area (Å²) >= 11 is 0. The van der Waals surface area contributed by atoms with Crippen LogP contribution in [0.4, 0.5) is 0 Å². The standard InChI is InChI=1S/C21H33N3O4S/c1-3-28-19-8-10-20(11-9-19)29(26,27)24-16-14-22(15-17-24)18(2)21(25)23-12-6-4-5-7-13-23/h8-11,18H,3-7,12-17H2,1-2H3/t18-/m0/s1. The molecular formula is C21H33N3O4S. The van der Waals surface area contributed by atoms with Crippen LogP contribution in [0.5, 0.6) is 5.75 Å². The minimum absolute atomic E-state index is 0.176. The number of nitrogens with zero attached hydrogens (tertiary/aromatic N) is 3. The van der Waals surface area contributed by atoms with E-state index in [-0.39, 0.29) is 16.8 Å². The van der Waals surface area contributed by atoms with Crippen molar-refractivity contribution in [1.29, 1.82) is 0 Å². The molecule has 2 saturated heterocycles. The Balaban J connectivity index is 1.58. The maximum Gasteiger partial charge on any atom is 0.243 e. The highest BCUT2D eigenvalue weighted by atomic mass is 32.2. The number of piperazine rings is 1. The minimum atomic E-state index is -3.53. The SMILES string of the molecule is CCOc1ccc(S(=O)(=O)N2CCN([C@@H](C)C(=O)N3CCCCCC3)CC2)cc1. The molecule has 2 heterocycles. The highest BCUT2D eigenvalue weighted by Gasteiger charge is 2.33. The molecule has 162 valence electrons. The summed E-state index contributed by atoms with van der Waals surface area (Å²) in [7, 11) is -3.53. The number of sulfonamides is 1. The number of hydrogen-bond acceptors (Lipinski definition) is 5. The summed E-state index contributed by atoms with van der Waals surface area (Å²) in [6, 6.07) is 6.36. The van der Waals surface area contributed by atoms with Gasteiger partial charge < -0.3 is 9.64 Å². The van der Waals surface area contributed by atoms with Crippen LogP contribution < -0.4 is 4.74 Å². The number of benzene rings is 1. The zero-order valence-corrected chi connectivity index (χ0v) is 18.4. The van der Waals surface area contributed by atoms with E-state index in [0.717, 1.165) is 25.9 Å². The summed E-state index contributed by atoms with van der Waals surface area (Å²) in [4.78, 5) is 17.3.